The standard InChI is InChI=1S/C20H25N3O/c24-20(18-6-2-1-3-7-18)22-16-19-8-4-5-14-23(19)15-11-17-9-12-21-13-10-17/h1-3,6-7,9-10,12-13,19H,4-5,8,11,14-16H2,(H,22,24)/t19-/m1/s1. The van der Waals surface area contributed by atoms with Gasteiger partial charge >= 0.3 is 0 Å². The van der Waals surface area contributed by atoms with Crippen LogP contribution < -0.4 is 5.32 Å². The van der Waals surface area contributed by atoms with Gasteiger partial charge in [0.2, 0.25) is 0 Å². The summed E-state index contributed by atoms with van der Waals surface area (Å²) in [5, 5.41) is 3.11. The monoisotopic (exact) mass is 323 g/mol. The maximum atomic E-state index is 12.2. The highest BCUT2D eigenvalue weighted by atomic mass is 16.1. The molecule has 24 heavy (non-hydrogen) atoms. The number of aromatic nitrogens is 1. The molecular formula is C20H25N3O. The number of benzene rings is 1. The number of hydrogen-bond acceptors (Lipinski definition) is 3. The van der Waals surface area contributed by atoms with Crippen LogP contribution in [0.5, 0.6) is 0 Å². The molecule has 1 atom stereocenters. The smallest absolute Gasteiger partial charge is 0.251 e. The van der Waals surface area contributed by atoms with E-state index in [0.717, 1.165) is 38.0 Å². The minimum Gasteiger partial charge on any atom is -0.350 e. The van der Waals surface area contributed by atoms with Crippen LogP contribution in [0.25, 0.3) is 0 Å². The van der Waals surface area contributed by atoms with Crippen LogP contribution in [-0.4, -0.2) is 41.5 Å². The fourth-order valence-electron chi connectivity index (χ4n) is 3.31. The van der Waals surface area contributed by atoms with E-state index in [2.05, 4.69) is 27.3 Å². The molecule has 0 bridgehead atoms. The highest BCUT2D eigenvalue weighted by Crippen LogP contribution is 2.17. The third kappa shape index (κ3) is 4.65. The van der Waals surface area contributed by atoms with E-state index in [0.29, 0.717) is 6.04 Å². The van der Waals surface area contributed by atoms with Gasteiger partial charge in [-0.15, -0.1) is 0 Å². The van der Waals surface area contributed by atoms with E-state index >= 15 is 0 Å². The van der Waals surface area contributed by atoms with E-state index in [-0.39, 0.29) is 5.91 Å². The first-order chi connectivity index (χ1) is 11.8. The number of piperidine rings is 1. The zero-order valence-electron chi connectivity index (χ0n) is 14.0. The summed E-state index contributed by atoms with van der Waals surface area (Å²) in [6, 6.07) is 14.0. The van der Waals surface area contributed by atoms with Crippen molar-refractivity contribution in [3.63, 3.8) is 0 Å². The summed E-state index contributed by atoms with van der Waals surface area (Å²) in [5.41, 5.74) is 2.05. The third-order valence-electron chi connectivity index (χ3n) is 4.72. The Morgan fingerprint density at radius 3 is 2.71 bits per heavy atom. The lowest BCUT2D eigenvalue weighted by molar-refractivity contribution is 0.0914. The number of pyridine rings is 1. The van der Waals surface area contributed by atoms with E-state index in [9.17, 15) is 4.79 Å². The number of hydrogen-bond donors (Lipinski definition) is 1. The first kappa shape index (κ1) is 16.7. The second-order valence-electron chi connectivity index (χ2n) is 6.37. The molecule has 0 unspecified atom stereocenters. The second kappa shape index (κ2) is 8.60. The van der Waals surface area contributed by atoms with Gasteiger partial charge in [-0.3, -0.25) is 14.7 Å². The van der Waals surface area contributed by atoms with Gasteiger partial charge in [0.05, 0.1) is 0 Å². The third-order valence-corrected chi connectivity index (χ3v) is 4.72. The van der Waals surface area contributed by atoms with Crippen LogP contribution in [-0.2, 0) is 6.42 Å². The Balaban J connectivity index is 1.51. The Morgan fingerprint density at radius 2 is 1.92 bits per heavy atom. The van der Waals surface area contributed by atoms with E-state index in [1.54, 1.807) is 0 Å². The minimum atomic E-state index is 0.0234. The number of nitrogens with one attached hydrogen (secondary N) is 1. The quantitative estimate of drug-likeness (QED) is 0.889. The SMILES string of the molecule is O=C(NC[C@H]1CCCCN1CCc1ccncc1)c1ccccc1. The van der Waals surface area contributed by atoms with E-state index in [1.807, 2.05) is 42.7 Å². The first-order valence-electron chi connectivity index (χ1n) is 8.79. The van der Waals surface area contributed by atoms with Crippen molar-refractivity contribution in [2.45, 2.75) is 31.7 Å². The molecule has 0 radical (unpaired) electrons. The first-order valence-corrected chi connectivity index (χ1v) is 8.79. The normalized spacial score (nSPS) is 18.2. The van der Waals surface area contributed by atoms with Gasteiger partial charge in [-0.2, -0.15) is 0 Å². The van der Waals surface area contributed by atoms with Crippen molar-refractivity contribution in [2.24, 2.45) is 0 Å². The number of rotatable bonds is 6. The highest BCUT2D eigenvalue weighted by molar-refractivity contribution is 5.94. The van der Waals surface area contributed by atoms with Crippen molar-refractivity contribution in [3.05, 3.63) is 66.0 Å². The summed E-state index contributed by atoms with van der Waals surface area (Å²) in [6.45, 7) is 2.89. The van der Waals surface area contributed by atoms with Gasteiger partial charge in [-0.25, -0.2) is 0 Å². The molecule has 1 aromatic carbocycles. The Hall–Kier alpha value is -2.20. The van der Waals surface area contributed by atoms with Crippen molar-refractivity contribution in [1.82, 2.24) is 15.2 Å². The van der Waals surface area contributed by atoms with E-state index < -0.39 is 0 Å². The van der Waals surface area contributed by atoms with Crippen LogP contribution in [0, 0.1) is 0 Å². The summed E-state index contributed by atoms with van der Waals surface area (Å²) in [5.74, 6) is 0.0234. The van der Waals surface area contributed by atoms with Gasteiger partial charge < -0.3 is 5.32 Å². The lowest BCUT2D eigenvalue weighted by Gasteiger charge is -2.35. The highest BCUT2D eigenvalue weighted by Gasteiger charge is 2.22. The summed E-state index contributed by atoms with van der Waals surface area (Å²) < 4.78 is 0. The molecule has 2 aromatic rings. The van der Waals surface area contributed by atoms with Crippen molar-refractivity contribution >= 4 is 5.91 Å². The molecule has 1 aromatic heterocycles. The van der Waals surface area contributed by atoms with Crippen LogP contribution in [0.1, 0.15) is 35.2 Å². The predicted molar refractivity (Wildman–Crippen MR) is 95.9 cm³/mol. The number of nitrogens with zero attached hydrogens (tertiary/aromatic N) is 2. The van der Waals surface area contributed by atoms with Gasteiger partial charge in [-0.05, 0) is 55.6 Å². The topological polar surface area (TPSA) is 45.2 Å². The molecule has 2 heterocycles. The second-order valence-corrected chi connectivity index (χ2v) is 6.37. The maximum absolute atomic E-state index is 12.2. The van der Waals surface area contributed by atoms with Crippen molar-refractivity contribution < 1.29 is 4.79 Å². The van der Waals surface area contributed by atoms with Gasteiger partial charge in [-0.1, -0.05) is 24.6 Å². The van der Waals surface area contributed by atoms with Crippen LogP contribution >= 0.6 is 0 Å². The molecule has 3 rings (SSSR count). The molecule has 1 fully saturated rings. The lowest BCUT2D eigenvalue weighted by atomic mass is 10.0. The van der Waals surface area contributed by atoms with E-state index in [1.165, 1.54) is 18.4 Å². The molecule has 1 N–H and O–H groups in total. The summed E-state index contributed by atoms with van der Waals surface area (Å²) in [6.07, 6.45) is 8.39. The Bertz CT molecular complexity index is 630. The molecular weight excluding hydrogens is 298 g/mol. The summed E-state index contributed by atoms with van der Waals surface area (Å²) in [7, 11) is 0. The molecule has 4 heteroatoms. The van der Waals surface area contributed by atoms with Gasteiger partial charge in [0.25, 0.3) is 5.91 Å². The molecule has 0 aliphatic carbocycles. The number of carbonyl (C=O) groups excluding carboxylic acids is 1. The fourth-order valence-corrected chi connectivity index (χ4v) is 3.31. The molecule has 0 spiro atoms. The molecule has 1 aliphatic rings. The predicted octanol–water partition coefficient (Wildman–Crippen LogP) is 2.91. The molecule has 126 valence electrons. The molecule has 4 nitrogen and oxygen atoms in total. The average Bonchev–Trinajstić information content (AvgIpc) is 2.66. The van der Waals surface area contributed by atoms with Crippen LogP contribution in [0.15, 0.2) is 54.9 Å². The van der Waals surface area contributed by atoms with Gasteiger partial charge in [0, 0.05) is 37.1 Å². The zero-order chi connectivity index (χ0) is 16.6. The Morgan fingerprint density at radius 1 is 1.12 bits per heavy atom. The molecule has 1 amide bonds. The molecule has 1 saturated heterocycles. The van der Waals surface area contributed by atoms with Gasteiger partial charge in [0.1, 0.15) is 0 Å². The maximum Gasteiger partial charge on any atom is 0.251 e. The molecule has 1 aliphatic heterocycles. The average molecular weight is 323 g/mol. The largest absolute Gasteiger partial charge is 0.350 e. The number of carbonyl (C=O) groups is 1. The Labute approximate surface area is 143 Å². The number of amides is 1. The summed E-state index contributed by atoms with van der Waals surface area (Å²) in [4.78, 5) is 18.8. The molecule has 0 saturated carbocycles. The van der Waals surface area contributed by atoms with Crippen LogP contribution in [0.2, 0.25) is 0 Å². The Kier molecular flexibility index (Phi) is 5.96. The fraction of sp³-hybridized carbons (Fsp3) is 0.400. The van der Waals surface area contributed by atoms with Crippen LogP contribution in [0.3, 0.4) is 0 Å². The van der Waals surface area contributed by atoms with Crippen molar-refractivity contribution in [1.29, 1.82) is 0 Å². The number of likely N-dealkylation sites (tertiary alicyclic amines) is 1. The van der Waals surface area contributed by atoms with Crippen LogP contribution in [0.4, 0.5) is 0 Å². The van der Waals surface area contributed by atoms with Crippen molar-refractivity contribution in [2.75, 3.05) is 19.6 Å². The van der Waals surface area contributed by atoms with Crippen molar-refractivity contribution in [3.8, 4) is 0 Å². The minimum absolute atomic E-state index is 0.0234. The lowest BCUT2D eigenvalue weighted by Crippen LogP contribution is -2.47. The van der Waals surface area contributed by atoms with Gasteiger partial charge in [0.15, 0.2) is 0 Å². The zero-order valence-corrected chi connectivity index (χ0v) is 14.0. The van der Waals surface area contributed by atoms with E-state index in [4.69, 9.17) is 0 Å². The summed E-state index contributed by atoms with van der Waals surface area (Å²) >= 11 is 0.